The van der Waals surface area contributed by atoms with E-state index in [4.69, 9.17) is 10.2 Å². The third-order valence-corrected chi connectivity index (χ3v) is 2.57. The van der Waals surface area contributed by atoms with Crippen LogP contribution in [0.25, 0.3) is 0 Å². The minimum atomic E-state index is -3.97. The quantitative estimate of drug-likeness (QED) is 0.421. The molecule has 88 valence electrons. The highest BCUT2D eigenvalue weighted by Gasteiger charge is 2.25. The molecule has 0 amide bonds. The summed E-state index contributed by atoms with van der Waals surface area (Å²) in [7, 11) is -3.97. The topological polar surface area (TPSA) is 133 Å². The molecule has 0 aliphatic rings. The smallest absolute Gasteiger partial charge is 0.322 e. The van der Waals surface area contributed by atoms with E-state index < -0.39 is 34.6 Å². The summed E-state index contributed by atoms with van der Waals surface area (Å²) in [4.78, 5) is 20.7. The van der Waals surface area contributed by atoms with Crippen molar-refractivity contribution in [1.29, 1.82) is 0 Å². The molecular weight excluding hydrogens is 228 g/mol. The van der Waals surface area contributed by atoms with Gasteiger partial charge < -0.3 is 10.2 Å². The van der Waals surface area contributed by atoms with Gasteiger partial charge >= 0.3 is 11.9 Å². The van der Waals surface area contributed by atoms with Crippen LogP contribution in [0.3, 0.4) is 0 Å². The van der Waals surface area contributed by atoms with E-state index in [1.807, 2.05) is 4.72 Å². The first-order chi connectivity index (χ1) is 6.78. The largest absolute Gasteiger partial charge is 0.481 e. The molecule has 0 aromatic rings. The second kappa shape index (κ2) is 5.63. The maximum Gasteiger partial charge on any atom is 0.322 e. The van der Waals surface area contributed by atoms with Crippen LogP contribution >= 0.6 is 0 Å². The van der Waals surface area contributed by atoms with Crippen molar-refractivity contribution in [3.63, 3.8) is 0 Å². The van der Waals surface area contributed by atoms with Crippen molar-refractivity contribution in [3.8, 4) is 0 Å². The number of hydrogen-bond acceptors (Lipinski definition) is 4. The minimum Gasteiger partial charge on any atom is -0.481 e. The maximum absolute atomic E-state index is 11.0. The summed E-state index contributed by atoms with van der Waals surface area (Å²) >= 11 is 0. The third kappa shape index (κ3) is 5.99. The molecule has 0 fully saturated rings. The molecule has 0 saturated carbocycles. The van der Waals surface area contributed by atoms with Crippen molar-refractivity contribution >= 4 is 22.1 Å². The zero-order valence-corrected chi connectivity index (χ0v) is 8.74. The number of aliphatic carboxylic acids is 2. The van der Waals surface area contributed by atoms with Gasteiger partial charge in [0.1, 0.15) is 6.04 Å². The lowest BCUT2D eigenvalue weighted by atomic mass is 10.2. The standard InChI is InChI=1S/C6H12N2O6S/c1-2-7-15(13,14)8-4(6(11)12)3-5(9)10/h4,7-8H,2-3H2,1H3,(H,9,10)(H,11,12)/t4-/m1/s1. The molecule has 0 heterocycles. The van der Waals surface area contributed by atoms with E-state index in [0.717, 1.165) is 0 Å². The highest BCUT2D eigenvalue weighted by molar-refractivity contribution is 7.87. The fourth-order valence-electron chi connectivity index (χ4n) is 0.773. The molecule has 15 heavy (non-hydrogen) atoms. The van der Waals surface area contributed by atoms with Crippen LogP contribution in [-0.4, -0.2) is 43.2 Å². The van der Waals surface area contributed by atoms with E-state index in [9.17, 15) is 18.0 Å². The molecule has 0 rings (SSSR count). The van der Waals surface area contributed by atoms with Crippen LogP contribution in [0.5, 0.6) is 0 Å². The number of hydrogen-bond donors (Lipinski definition) is 4. The Kier molecular flexibility index (Phi) is 5.19. The molecule has 0 spiro atoms. The predicted molar refractivity (Wildman–Crippen MR) is 49.4 cm³/mol. The van der Waals surface area contributed by atoms with Gasteiger partial charge in [0.25, 0.3) is 10.2 Å². The summed E-state index contributed by atoms with van der Waals surface area (Å²) in [6, 6.07) is -1.67. The first-order valence-corrected chi connectivity index (χ1v) is 5.48. The second-order valence-corrected chi connectivity index (χ2v) is 4.14. The van der Waals surface area contributed by atoms with E-state index in [1.54, 1.807) is 4.72 Å². The summed E-state index contributed by atoms with van der Waals surface area (Å²) in [5.41, 5.74) is 0. The van der Waals surface area contributed by atoms with Crippen LogP contribution in [0, 0.1) is 0 Å². The van der Waals surface area contributed by atoms with Gasteiger partial charge in [-0.25, -0.2) is 4.72 Å². The monoisotopic (exact) mass is 240 g/mol. The predicted octanol–water partition coefficient (Wildman–Crippen LogP) is -1.64. The fourth-order valence-corrected chi connectivity index (χ4v) is 1.80. The molecule has 0 radical (unpaired) electrons. The van der Waals surface area contributed by atoms with Crippen LogP contribution in [0.2, 0.25) is 0 Å². The summed E-state index contributed by atoms with van der Waals surface area (Å²) in [5.74, 6) is -2.94. The van der Waals surface area contributed by atoms with Gasteiger partial charge in [-0.1, -0.05) is 6.92 Å². The first kappa shape index (κ1) is 13.8. The van der Waals surface area contributed by atoms with Crippen molar-refractivity contribution < 1.29 is 28.2 Å². The van der Waals surface area contributed by atoms with Crippen LogP contribution < -0.4 is 9.44 Å². The summed E-state index contributed by atoms with van der Waals surface area (Å²) < 4.78 is 25.8. The van der Waals surface area contributed by atoms with Gasteiger partial charge in [-0.15, -0.1) is 0 Å². The molecule has 0 aliphatic carbocycles. The Hall–Kier alpha value is -1.19. The molecule has 0 aliphatic heterocycles. The van der Waals surface area contributed by atoms with Crippen molar-refractivity contribution in [2.24, 2.45) is 0 Å². The van der Waals surface area contributed by atoms with Crippen LogP contribution in [-0.2, 0) is 19.8 Å². The molecular formula is C6H12N2O6S. The third-order valence-electron chi connectivity index (χ3n) is 1.31. The molecule has 0 aromatic carbocycles. The normalized spacial score (nSPS) is 13.4. The van der Waals surface area contributed by atoms with Crippen molar-refractivity contribution in [1.82, 2.24) is 9.44 Å². The van der Waals surface area contributed by atoms with Crippen LogP contribution in [0.4, 0.5) is 0 Å². The second-order valence-electron chi connectivity index (χ2n) is 2.61. The number of carboxylic acid groups (broad SMARTS) is 2. The van der Waals surface area contributed by atoms with E-state index >= 15 is 0 Å². The highest BCUT2D eigenvalue weighted by atomic mass is 32.2. The first-order valence-electron chi connectivity index (χ1n) is 4.00. The van der Waals surface area contributed by atoms with Crippen LogP contribution in [0.1, 0.15) is 13.3 Å². The summed E-state index contributed by atoms with van der Waals surface area (Å²) in [5, 5.41) is 16.9. The van der Waals surface area contributed by atoms with Gasteiger partial charge in [0, 0.05) is 6.54 Å². The average Bonchev–Trinajstić information content (AvgIpc) is 2.00. The van der Waals surface area contributed by atoms with E-state index in [1.165, 1.54) is 6.92 Å². The lowest BCUT2D eigenvalue weighted by Gasteiger charge is -2.12. The molecule has 8 nitrogen and oxygen atoms in total. The Morgan fingerprint density at radius 2 is 1.87 bits per heavy atom. The Labute approximate surface area is 86.5 Å². The zero-order valence-electron chi connectivity index (χ0n) is 7.93. The van der Waals surface area contributed by atoms with E-state index in [0.29, 0.717) is 0 Å². The Morgan fingerprint density at radius 3 is 2.20 bits per heavy atom. The number of carboxylic acids is 2. The van der Waals surface area contributed by atoms with E-state index in [-0.39, 0.29) is 6.54 Å². The van der Waals surface area contributed by atoms with Gasteiger partial charge in [0.2, 0.25) is 0 Å². The Bertz CT molecular complexity index is 338. The molecule has 0 saturated heterocycles. The van der Waals surface area contributed by atoms with Gasteiger partial charge in [-0.2, -0.15) is 13.1 Å². The lowest BCUT2D eigenvalue weighted by molar-refractivity contribution is -0.145. The van der Waals surface area contributed by atoms with E-state index in [2.05, 4.69) is 0 Å². The molecule has 0 aromatic heterocycles. The molecule has 0 bridgehead atoms. The van der Waals surface area contributed by atoms with Crippen molar-refractivity contribution in [2.75, 3.05) is 6.54 Å². The lowest BCUT2D eigenvalue weighted by Crippen LogP contribution is -2.47. The summed E-state index contributed by atoms with van der Waals surface area (Å²) in [6.45, 7) is 1.58. The average molecular weight is 240 g/mol. The SMILES string of the molecule is CCNS(=O)(=O)N[C@H](CC(=O)O)C(=O)O. The summed E-state index contributed by atoms with van der Waals surface area (Å²) in [6.07, 6.45) is -0.819. The van der Waals surface area contributed by atoms with Gasteiger partial charge in [0.05, 0.1) is 6.42 Å². The number of carbonyl (C=O) groups is 2. The Balaban J connectivity index is 4.55. The van der Waals surface area contributed by atoms with Crippen molar-refractivity contribution in [2.45, 2.75) is 19.4 Å². The maximum atomic E-state index is 11.0. The molecule has 0 unspecified atom stereocenters. The van der Waals surface area contributed by atoms with Gasteiger partial charge in [-0.05, 0) is 0 Å². The van der Waals surface area contributed by atoms with Crippen LogP contribution in [0.15, 0.2) is 0 Å². The highest BCUT2D eigenvalue weighted by Crippen LogP contribution is 1.94. The molecule has 1 atom stereocenters. The van der Waals surface area contributed by atoms with Gasteiger partial charge in [-0.3, -0.25) is 9.59 Å². The van der Waals surface area contributed by atoms with Crippen molar-refractivity contribution in [3.05, 3.63) is 0 Å². The molecule has 9 heteroatoms. The number of nitrogens with one attached hydrogen (secondary N) is 2. The minimum absolute atomic E-state index is 0.0781. The zero-order chi connectivity index (χ0) is 12.1. The Morgan fingerprint density at radius 1 is 1.33 bits per heavy atom. The fraction of sp³-hybridized carbons (Fsp3) is 0.667. The van der Waals surface area contributed by atoms with Gasteiger partial charge in [0.15, 0.2) is 0 Å². The molecule has 4 N–H and O–H groups in total. The number of rotatable bonds is 7.